The summed E-state index contributed by atoms with van der Waals surface area (Å²) in [6.45, 7) is 11.6. The van der Waals surface area contributed by atoms with Gasteiger partial charge in [-0.1, -0.05) is 58.0 Å². The highest BCUT2D eigenvalue weighted by atomic mass is 16.5. The van der Waals surface area contributed by atoms with Crippen molar-refractivity contribution >= 4 is 5.97 Å². The molecule has 3 aliphatic carbocycles. The molecule has 2 aromatic rings. The van der Waals surface area contributed by atoms with Gasteiger partial charge in [0.05, 0.1) is 20.1 Å². The monoisotopic (exact) mass is 490 g/mol. The van der Waals surface area contributed by atoms with Crippen LogP contribution in [0.5, 0.6) is 11.5 Å². The third kappa shape index (κ3) is 3.66. The summed E-state index contributed by atoms with van der Waals surface area (Å²) in [7, 11) is 3.50. The number of hydrogen-bond donors (Lipinski definition) is 0. The van der Waals surface area contributed by atoms with Crippen LogP contribution in [-0.2, 0) is 21.4 Å². The van der Waals surface area contributed by atoms with Crippen LogP contribution in [0.2, 0.25) is 0 Å². The largest absolute Gasteiger partial charge is 0.497 e. The summed E-state index contributed by atoms with van der Waals surface area (Å²) >= 11 is 0. The van der Waals surface area contributed by atoms with Gasteiger partial charge < -0.3 is 14.2 Å². The second-order valence-corrected chi connectivity index (χ2v) is 12.6. The van der Waals surface area contributed by atoms with Crippen molar-refractivity contribution in [2.45, 2.75) is 84.2 Å². The molecule has 3 aliphatic rings. The smallest absolute Gasteiger partial charge is 0.313 e. The minimum Gasteiger partial charge on any atom is -0.497 e. The molecule has 36 heavy (non-hydrogen) atoms. The molecule has 4 heteroatoms. The summed E-state index contributed by atoms with van der Waals surface area (Å²) in [6, 6.07) is 14.3. The summed E-state index contributed by atoms with van der Waals surface area (Å²) in [5.74, 6) is 2.50. The van der Waals surface area contributed by atoms with Gasteiger partial charge in [-0.3, -0.25) is 4.79 Å². The Morgan fingerprint density at radius 1 is 0.944 bits per heavy atom. The van der Waals surface area contributed by atoms with Gasteiger partial charge in [-0.2, -0.15) is 0 Å². The van der Waals surface area contributed by atoms with Crippen LogP contribution in [-0.4, -0.2) is 26.3 Å². The van der Waals surface area contributed by atoms with Gasteiger partial charge in [0.25, 0.3) is 0 Å². The standard InChI is InChI=1S/C32H42O4/c1-20(21-11-9-8-10-12-21)29(33)36-27-14-16-31(4)25(30(27,2)3)13-15-32(5)26(31)18-22-17-23(34-6)19-24(35-7)28(22)32/h8-12,17,19-20,25-27H,13-16,18H2,1-7H3/t20-,25?,26+,27?,31?,32+/m0/s1. The normalized spacial score (nSPS) is 33.0. The van der Waals surface area contributed by atoms with Crippen LogP contribution < -0.4 is 9.47 Å². The lowest BCUT2D eigenvalue weighted by Crippen LogP contribution is -2.59. The first-order chi connectivity index (χ1) is 17.1. The molecule has 2 saturated carbocycles. The Morgan fingerprint density at radius 3 is 2.33 bits per heavy atom. The van der Waals surface area contributed by atoms with Gasteiger partial charge in [-0.25, -0.2) is 0 Å². The molecule has 4 nitrogen and oxygen atoms in total. The van der Waals surface area contributed by atoms with E-state index in [4.69, 9.17) is 14.2 Å². The minimum absolute atomic E-state index is 0.0583. The number of fused-ring (bicyclic) bond motifs is 5. The van der Waals surface area contributed by atoms with E-state index in [0.717, 1.165) is 49.2 Å². The Morgan fingerprint density at radius 2 is 1.67 bits per heavy atom. The molecule has 0 aromatic heterocycles. The molecular weight excluding hydrogens is 448 g/mol. The van der Waals surface area contributed by atoms with Gasteiger partial charge in [0.1, 0.15) is 17.6 Å². The fourth-order valence-electron chi connectivity index (χ4n) is 8.57. The van der Waals surface area contributed by atoms with Crippen LogP contribution in [0, 0.1) is 22.7 Å². The molecule has 0 radical (unpaired) electrons. The Bertz CT molecular complexity index is 1140. The predicted molar refractivity (Wildman–Crippen MR) is 143 cm³/mol. The molecule has 2 fully saturated rings. The van der Waals surface area contributed by atoms with Gasteiger partial charge in [0, 0.05) is 22.5 Å². The van der Waals surface area contributed by atoms with E-state index in [1.807, 2.05) is 37.3 Å². The Kier molecular flexibility index (Phi) is 6.16. The van der Waals surface area contributed by atoms with Gasteiger partial charge in [-0.05, 0) is 73.5 Å². The quantitative estimate of drug-likeness (QED) is 0.420. The zero-order chi connectivity index (χ0) is 25.9. The molecule has 0 saturated heterocycles. The molecule has 0 bridgehead atoms. The molecule has 5 rings (SSSR count). The number of methoxy groups -OCH3 is 2. The minimum atomic E-state index is -0.253. The highest BCUT2D eigenvalue weighted by molar-refractivity contribution is 5.77. The Balaban J connectivity index is 1.41. The summed E-state index contributed by atoms with van der Waals surface area (Å²) in [5, 5.41) is 0. The first kappa shape index (κ1) is 25.2. The molecule has 0 spiro atoms. The lowest BCUT2D eigenvalue weighted by molar-refractivity contribution is -0.185. The first-order valence-electron chi connectivity index (χ1n) is 13.6. The summed E-state index contributed by atoms with van der Waals surface area (Å²) < 4.78 is 17.8. The second kappa shape index (κ2) is 8.82. The van der Waals surface area contributed by atoms with Gasteiger partial charge >= 0.3 is 5.97 Å². The Hall–Kier alpha value is -2.49. The van der Waals surface area contributed by atoms with Crippen LogP contribution in [0.1, 0.15) is 82.9 Å². The summed E-state index contributed by atoms with van der Waals surface area (Å²) in [6.07, 6.45) is 5.24. The number of benzene rings is 2. The molecule has 2 aromatic carbocycles. The molecule has 194 valence electrons. The maximum absolute atomic E-state index is 13.2. The van der Waals surface area contributed by atoms with Crippen molar-refractivity contribution in [2.75, 3.05) is 14.2 Å². The van der Waals surface area contributed by atoms with E-state index in [0.29, 0.717) is 11.8 Å². The average molecular weight is 491 g/mol. The van der Waals surface area contributed by atoms with E-state index in [1.165, 1.54) is 11.1 Å². The average Bonchev–Trinajstić information content (AvgIpc) is 3.18. The topological polar surface area (TPSA) is 44.8 Å². The van der Waals surface area contributed by atoms with Crippen LogP contribution in [0.4, 0.5) is 0 Å². The van der Waals surface area contributed by atoms with Gasteiger partial charge in [-0.15, -0.1) is 0 Å². The highest BCUT2D eigenvalue weighted by Gasteiger charge is 2.64. The molecular formula is C32H42O4. The zero-order valence-corrected chi connectivity index (χ0v) is 23.0. The molecule has 0 aliphatic heterocycles. The number of carbonyl (C=O) groups is 1. The van der Waals surface area contributed by atoms with Crippen molar-refractivity contribution < 1.29 is 19.0 Å². The van der Waals surface area contributed by atoms with E-state index < -0.39 is 0 Å². The van der Waals surface area contributed by atoms with Crippen molar-refractivity contribution in [1.29, 1.82) is 0 Å². The third-order valence-electron chi connectivity index (χ3n) is 10.5. The van der Waals surface area contributed by atoms with Gasteiger partial charge in [0.15, 0.2) is 0 Å². The van der Waals surface area contributed by atoms with E-state index in [-0.39, 0.29) is 34.2 Å². The number of esters is 1. The van der Waals surface area contributed by atoms with Crippen LogP contribution in [0.15, 0.2) is 42.5 Å². The zero-order valence-electron chi connectivity index (χ0n) is 23.0. The molecule has 0 heterocycles. The van der Waals surface area contributed by atoms with E-state index in [1.54, 1.807) is 14.2 Å². The van der Waals surface area contributed by atoms with E-state index in [9.17, 15) is 4.79 Å². The molecule has 0 N–H and O–H groups in total. The van der Waals surface area contributed by atoms with Crippen LogP contribution >= 0.6 is 0 Å². The van der Waals surface area contributed by atoms with Crippen LogP contribution in [0.3, 0.4) is 0 Å². The molecule has 3 unspecified atom stereocenters. The number of hydrogen-bond acceptors (Lipinski definition) is 4. The summed E-state index contributed by atoms with van der Waals surface area (Å²) in [5.41, 5.74) is 3.95. The summed E-state index contributed by atoms with van der Waals surface area (Å²) in [4.78, 5) is 13.2. The van der Waals surface area contributed by atoms with Crippen molar-refractivity contribution in [3.05, 3.63) is 59.2 Å². The van der Waals surface area contributed by atoms with E-state index in [2.05, 4.69) is 39.8 Å². The van der Waals surface area contributed by atoms with Crippen molar-refractivity contribution in [3.63, 3.8) is 0 Å². The molecule has 6 atom stereocenters. The number of ether oxygens (including phenoxy) is 3. The third-order valence-corrected chi connectivity index (χ3v) is 10.5. The predicted octanol–water partition coefficient (Wildman–Crippen LogP) is 7.09. The fourth-order valence-corrected chi connectivity index (χ4v) is 8.57. The number of carbonyl (C=O) groups excluding carboxylic acids is 1. The van der Waals surface area contributed by atoms with Crippen molar-refractivity contribution in [1.82, 2.24) is 0 Å². The van der Waals surface area contributed by atoms with Crippen LogP contribution in [0.25, 0.3) is 0 Å². The Labute approximate surface area is 216 Å². The lowest BCUT2D eigenvalue weighted by Gasteiger charge is -2.62. The SMILES string of the molecule is COc1cc2c(c(OC)c1)[C@]1(C)CCC3C(C)(C)C(OC(=O)[C@@H](C)c4ccccc4)CCC3(C)[C@H]1C2. The molecule has 0 amide bonds. The fraction of sp³-hybridized carbons (Fsp3) is 0.594. The second-order valence-electron chi connectivity index (χ2n) is 12.6. The van der Waals surface area contributed by atoms with Crippen molar-refractivity contribution in [2.24, 2.45) is 22.7 Å². The first-order valence-corrected chi connectivity index (χ1v) is 13.6. The maximum Gasteiger partial charge on any atom is 0.313 e. The number of rotatable bonds is 5. The highest BCUT2D eigenvalue weighted by Crippen LogP contribution is 2.69. The van der Waals surface area contributed by atoms with Crippen molar-refractivity contribution in [3.8, 4) is 11.5 Å². The van der Waals surface area contributed by atoms with E-state index >= 15 is 0 Å². The lowest BCUT2D eigenvalue weighted by atomic mass is 9.43. The maximum atomic E-state index is 13.2. The van der Waals surface area contributed by atoms with Gasteiger partial charge in [0.2, 0.25) is 0 Å².